The molecule has 1 aromatic carbocycles. The fourth-order valence-corrected chi connectivity index (χ4v) is 0.970. The second kappa shape index (κ2) is 7.01. The molecule has 0 amide bonds. The van der Waals surface area contributed by atoms with Gasteiger partial charge in [-0.25, -0.2) is 0 Å². The molecule has 0 nitrogen and oxygen atoms in total. The molecule has 94 valence electrons. The molecule has 0 aliphatic rings. The van der Waals surface area contributed by atoms with Crippen molar-refractivity contribution in [3.63, 3.8) is 0 Å². The minimum absolute atomic E-state index is 0.215. The van der Waals surface area contributed by atoms with Crippen molar-refractivity contribution in [2.24, 2.45) is 5.92 Å². The Balaban J connectivity index is 0.00000121. The van der Waals surface area contributed by atoms with Crippen LogP contribution in [0.2, 0.25) is 0 Å². The monoisotopic (exact) mass is 242 g/mol. The van der Waals surface area contributed by atoms with Crippen LogP contribution >= 0.6 is 0 Å². The van der Waals surface area contributed by atoms with Crippen LogP contribution in [0.15, 0.2) is 24.3 Å². The van der Waals surface area contributed by atoms with E-state index in [1.54, 1.807) is 0 Å². The molecule has 0 saturated carbocycles. The molecule has 0 aliphatic carbocycles. The molecule has 1 aromatic rings. The van der Waals surface area contributed by atoms with Gasteiger partial charge in [0.25, 0.3) is 0 Å². The van der Waals surface area contributed by atoms with Gasteiger partial charge in [0.2, 0.25) is 0 Å². The van der Waals surface area contributed by atoms with E-state index in [9.17, 15) is 13.2 Å². The number of benzene rings is 1. The maximum absolute atomic E-state index is 12.2. The Bertz CT molecular complexity index is 375. The Labute approximate surface area is 101 Å². The minimum atomic E-state index is -4.27. The number of hydrogen-bond acceptors (Lipinski definition) is 0. The van der Waals surface area contributed by atoms with E-state index in [0.717, 1.165) is 12.1 Å². The predicted octanol–water partition coefficient (Wildman–Crippen LogP) is 4.74. The largest absolute Gasteiger partial charge is 0.416 e. The Kier molecular flexibility index (Phi) is 6.42. The van der Waals surface area contributed by atoms with Crippen LogP contribution in [0.3, 0.4) is 0 Å². The normalized spacial score (nSPS) is 10.1. The van der Waals surface area contributed by atoms with Gasteiger partial charge in [-0.2, -0.15) is 13.2 Å². The van der Waals surface area contributed by atoms with Gasteiger partial charge in [0.1, 0.15) is 0 Å². The second-order valence-electron chi connectivity index (χ2n) is 3.50. The molecule has 0 unspecified atom stereocenters. The molecule has 0 spiro atoms. The molecule has 0 fully saturated rings. The summed E-state index contributed by atoms with van der Waals surface area (Å²) in [6.45, 7) is 7.86. The fourth-order valence-electron chi connectivity index (χ4n) is 0.970. The molecule has 0 heterocycles. The van der Waals surface area contributed by atoms with E-state index in [1.807, 2.05) is 27.7 Å². The van der Waals surface area contributed by atoms with Crippen molar-refractivity contribution in [3.05, 3.63) is 35.4 Å². The molecule has 17 heavy (non-hydrogen) atoms. The summed E-state index contributed by atoms with van der Waals surface area (Å²) < 4.78 is 36.6. The summed E-state index contributed by atoms with van der Waals surface area (Å²) in [5.41, 5.74) is -0.0331. The van der Waals surface area contributed by atoms with Crippen LogP contribution < -0.4 is 0 Å². The molecule has 0 aliphatic heterocycles. The number of alkyl halides is 3. The van der Waals surface area contributed by atoms with Crippen LogP contribution in [-0.4, -0.2) is 0 Å². The van der Waals surface area contributed by atoms with Gasteiger partial charge >= 0.3 is 6.18 Å². The summed E-state index contributed by atoms with van der Waals surface area (Å²) in [4.78, 5) is 0. The zero-order valence-electron chi connectivity index (χ0n) is 10.5. The summed E-state index contributed by atoms with van der Waals surface area (Å²) in [5.74, 6) is 5.91. The zero-order chi connectivity index (χ0) is 13.5. The van der Waals surface area contributed by atoms with Gasteiger partial charge in [0, 0.05) is 11.5 Å². The van der Waals surface area contributed by atoms with Crippen molar-refractivity contribution in [2.45, 2.75) is 33.9 Å². The molecular weight excluding hydrogens is 225 g/mol. The van der Waals surface area contributed by atoms with E-state index in [-0.39, 0.29) is 5.92 Å². The Morgan fingerprint density at radius 3 is 1.82 bits per heavy atom. The van der Waals surface area contributed by atoms with Gasteiger partial charge in [0.05, 0.1) is 5.56 Å². The molecule has 3 heteroatoms. The summed E-state index contributed by atoms with van der Waals surface area (Å²) >= 11 is 0. The third-order valence-electron chi connectivity index (χ3n) is 1.72. The Morgan fingerprint density at radius 1 is 1.00 bits per heavy atom. The van der Waals surface area contributed by atoms with E-state index >= 15 is 0 Å². The van der Waals surface area contributed by atoms with Crippen molar-refractivity contribution < 1.29 is 13.2 Å². The first-order chi connectivity index (χ1) is 7.89. The zero-order valence-corrected chi connectivity index (χ0v) is 10.5. The highest BCUT2D eigenvalue weighted by atomic mass is 19.4. The summed E-state index contributed by atoms with van der Waals surface area (Å²) in [5, 5.41) is 0. The maximum Gasteiger partial charge on any atom is 0.416 e. The molecule has 0 saturated heterocycles. The first-order valence-corrected chi connectivity index (χ1v) is 5.58. The molecule has 0 N–H and O–H groups in total. The molecule has 0 atom stereocenters. The average molecular weight is 242 g/mol. The minimum Gasteiger partial charge on any atom is -0.166 e. The highest BCUT2D eigenvalue weighted by Crippen LogP contribution is 2.28. The summed E-state index contributed by atoms with van der Waals surface area (Å²) in [6, 6.07) is 4.87. The van der Waals surface area contributed by atoms with Crippen molar-refractivity contribution in [1.82, 2.24) is 0 Å². The van der Waals surface area contributed by atoms with E-state index in [0.29, 0.717) is 5.56 Å². The third-order valence-corrected chi connectivity index (χ3v) is 1.72. The lowest BCUT2D eigenvalue weighted by atomic mass is 10.1. The van der Waals surface area contributed by atoms with Crippen LogP contribution in [0.5, 0.6) is 0 Å². The van der Waals surface area contributed by atoms with Crippen molar-refractivity contribution in [3.8, 4) is 11.8 Å². The predicted molar refractivity (Wildman–Crippen MR) is 64.5 cm³/mol. The highest BCUT2D eigenvalue weighted by molar-refractivity contribution is 5.37. The Hall–Kier alpha value is -1.43. The standard InChI is InChI=1S/C12H11F3.C2H6/c1-9(2)3-4-10-5-7-11(8-6-10)12(13,14)15;1-2/h5-9H,1-2H3;1-2H3. The van der Waals surface area contributed by atoms with Gasteiger partial charge in [-0.3, -0.25) is 0 Å². The average Bonchev–Trinajstić information content (AvgIpc) is 2.28. The first-order valence-electron chi connectivity index (χ1n) is 5.58. The van der Waals surface area contributed by atoms with Gasteiger partial charge < -0.3 is 0 Å². The lowest BCUT2D eigenvalue weighted by Gasteiger charge is -2.05. The lowest BCUT2D eigenvalue weighted by Crippen LogP contribution is -2.04. The molecule has 0 bridgehead atoms. The maximum atomic E-state index is 12.2. The van der Waals surface area contributed by atoms with Crippen LogP contribution in [0.25, 0.3) is 0 Å². The van der Waals surface area contributed by atoms with Gasteiger partial charge in [-0.1, -0.05) is 39.5 Å². The van der Waals surface area contributed by atoms with Gasteiger partial charge in [-0.15, -0.1) is 0 Å². The highest BCUT2D eigenvalue weighted by Gasteiger charge is 2.29. The molecular formula is C14H17F3. The van der Waals surface area contributed by atoms with Crippen molar-refractivity contribution in [1.29, 1.82) is 0 Å². The smallest absolute Gasteiger partial charge is 0.166 e. The molecule has 0 aromatic heterocycles. The van der Waals surface area contributed by atoms with E-state index < -0.39 is 11.7 Å². The summed E-state index contributed by atoms with van der Waals surface area (Å²) in [6.07, 6.45) is -4.27. The first kappa shape index (κ1) is 15.6. The summed E-state index contributed by atoms with van der Waals surface area (Å²) in [7, 11) is 0. The van der Waals surface area contributed by atoms with E-state index in [4.69, 9.17) is 0 Å². The number of hydrogen-bond donors (Lipinski definition) is 0. The fraction of sp³-hybridized carbons (Fsp3) is 0.429. The quantitative estimate of drug-likeness (QED) is 0.576. The molecule has 1 rings (SSSR count). The SMILES string of the molecule is CC.CC(C)C#Cc1ccc(C(F)(F)F)cc1. The second-order valence-corrected chi connectivity index (χ2v) is 3.50. The third kappa shape index (κ3) is 6.01. The topological polar surface area (TPSA) is 0 Å². The van der Waals surface area contributed by atoms with Crippen molar-refractivity contribution >= 4 is 0 Å². The lowest BCUT2D eigenvalue weighted by molar-refractivity contribution is -0.137. The van der Waals surface area contributed by atoms with Crippen LogP contribution in [-0.2, 0) is 6.18 Å². The van der Waals surface area contributed by atoms with Crippen molar-refractivity contribution in [2.75, 3.05) is 0 Å². The number of halogens is 3. The van der Waals surface area contributed by atoms with E-state index in [1.165, 1.54) is 12.1 Å². The van der Waals surface area contributed by atoms with Crippen LogP contribution in [0.1, 0.15) is 38.8 Å². The molecule has 0 radical (unpaired) electrons. The number of rotatable bonds is 0. The van der Waals surface area contributed by atoms with Crippen LogP contribution in [0, 0.1) is 17.8 Å². The van der Waals surface area contributed by atoms with Gasteiger partial charge in [-0.05, 0) is 24.3 Å². The van der Waals surface area contributed by atoms with Gasteiger partial charge in [0.15, 0.2) is 0 Å². The van der Waals surface area contributed by atoms with Crippen LogP contribution in [0.4, 0.5) is 13.2 Å². The van der Waals surface area contributed by atoms with E-state index in [2.05, 4.69) is 11.8 Å². The Morgan fingerprint density at radius 2 is 1.47 bits per heavy atom.